The monoisotopic (exact) mass is 335 g/mol. The number of hydrogen-bond donors (Lipinski definition) is 2. The molecule has 0 spiro atoms. The van der Waals surface area contributed by atoms with Crippen LogP contribution in [0, 0.1) is 0 Å². The average Bonchev–Trinajstić information content (AvgIpc) is 2.43. The molecule has 1 heterocycles. The predicted octanol–water partition coefficient (Wildman–Crippen LogP) is 2.26. The molecule has 0 aromatic carbocycles. The van der Waals surface area contributed by atoms with E-state index in [1.54, 1.807) is 14.0 Å². The van der Waals surface area contributed by atoms with E-state index in [1.807, 2.05) is 6.92 Å². The van der Waals surface area contributed by atoms with Crippen LogP contribution in [-0.4, -0.2) is 39.7 Å². The summed E-state index contributed by atoms with van der Waals surface area (Å²) in [6.45, 7) is 5.02. The zero-order valence-electron chi connectivity index (χ0n) is 12.5. The van der Waals surface area contributed by atoms with Crippen LogP contribution in [0.1, 0.15) is 26.7 Å². The number of aromatic nitrogens is 1. The molecule has 1 unspecified atom stereocenters. The Hall–Kier alpha value is -0.890. The van der Waals surface area contributed by atoms with Crippen molar-refractivity contribution in [2.75, 3.05) is 25.6 Å². The van der Waals surface area contributed by atoms with E-state index in [-0.39, 0.29) is 16.0 Å². The first-order chi connectivity index (χ1) is 9.90. The van der Waals surface area contributed by atoms with Gasteiger partial charge < -0.3 is 10.1 Å². The lowest BCUT2D eigenvalue weighted by Gasteiger charge is -2.14. The number of nitrogens with zero attached hydrogens (tertiary/aromatic N) is 1. The van der Waals surface area contributed by atoms with E-state index in [0.717, 1.165) is 13.0 Å². The Balaban J connectivity index is 2.81. The smallest absolute Gasteiger partial charge is 0.242 e. The van der Waals surface area contributed by atoms with E-state index in [9.17, 15) is 8.42 Å². The molecule has 1 rings (SSSR count). The van der Waals surface area contributed by atoms with Gasteiger partial charge in [-0.1, -0.05) is 18.5 Å². The molecule has 0 saturated heterocycles. The van der Waals surface area contributed by atoms with Gasteiger partial charge >= 0.3 is 0 Å². The maximum Gasteiger partial charge on any atom is 0.242 e. The summed E-state index contributed by atoms with van der Waals surface area (Å²) in [5.41, 5.74) is 0. The van der Waals surface area contributed by atoms with Crippen molar-refractivity contribution in [3.63, 3.8) is 0 Å². The number of sulfonamides is 1. The molecule has 8 heteroatoms. The molecule has 6 nitrogen and oxygen atoms in total. The van der Waals surface area contributed by atoms with Crippen molar-refractivity contribution < 1.29 is 13.2 Å². The molecule has 21 heavy (non-hydrogen) atoms. The van der Waals surface area contributed by atoms with Crippen molar-refractivity contribution in [2.45, 2.75) is 37.6 Å². The third-order valence-electron chi connectivity index (χ3n) is 2.78. The van der Waals surface area contributed by atoms with Gasteiger partial charge in [-0.05, 0) is 25.8 Å². The lowest BCUT2D eigenvalue weighted by atomic mass is 10.3. The van der Waals surface area contributed by atoms with Gasteiger partial charge in [0.2, 0.25) is 10.0 Å². The summed E-state index contributed by atoms with van der Waals surface area (Å²) in [7, 11) is -2.05. The van der Waals surface area contributed by atoms with Crippen LogP contribution < -0.4 is 10.0 Å². The summed E-state index contributed by atoms with van der Waals surface area (Å²) in [5.74, 6) is 0.491. The Kier molecular flexibility index (Phi) is 7.37. The summed E-state index contributed by atoms with van der Waals surface area (Å²) < 4.78 is 31.9. The minimum Gasteiger partial charge on any atom is -0.385 e. The summed E-state index contributed by atoms with van der Waals surface area (Å²) in [4.78, 5) is 4.12. The molecule has 0 aliphatic heterocycles. The highest BCUT2D eigenvalue weighted by Gasteiger charge is 2.19. The van der Waals surface area contributed by atoms with Gasteiger partial charge in [0, 0.05) is 32.5 Å². The quantitative estimate of drug-likeness (QED) is 0.723. The Morgan fingerprint density at radius 3 is 2.76 bits per heavy atom. The van der Waals surface area contributed by atoms with Gasteiger partial charge in [0.1, 0.15) is 10.7 Å². The largest absolute Gasteiger partial charge is 0.385 e. The maximum absolute atomic E-state index is 12.2. The van der Waals surface area contributed by atoms with Crippen LogP contribution in [0.3, 0.4) is 0 Å². The first-order valence-corrected chi connectivity index (χ1v) is 8.67. The molecule has 0 radical (unpaired) electrons. The molecule has 0 fully saturated rings. The lowest BCUT2D eigenvalue weighted by molar-refractivity contribution is 0.188. The van der Waals surface area contributed by atoms with Crippen molar-refractivity contribution in [3.8, 4) is 0 Å². The van der Waals surface area contributed by atoms with Gasteiger partial charge in [-0.25, -0.2) is 18.1 Å². The minimum atomic E-state index is -3.63. The van der Waals surface area contributed by atoms with Gasteiger partial charge in [-0.3, -0.25) is 0 Å². The molecule has 1 aromatic rings. The number of hydrogen-bond acceptors (Lipinski definition) is 5. The van der Waals surface area contributed by atoms with Crippen LogP contribution in [0.5, 0.6) is 0 Å². The van der Waals surface area contributed by atoms with E-state index in [2.05, 4.69) is 15.0 Å². The van der Waals surface area contributed by atoms with Gasteiger partial charge in [0.25, 0.3) is 0 Å². The van der Waals surface area contributed by atoms with Crippen molar-refractivity contribution in [2.24, 2.45) is 0 Å². The van der Waals surface area contributed by atoms with Crippen molar-refractivity contribution in [1.29, 1.82) is 0 Å². The minimum absolute atomic E-state index is 0.0545. The first-order valence-electron chi connectivity index (χ1n) is 6.81. The Morgan fingerprint density at radius 2 is 2.19 bits per heavy atom. The number of anilines is 1. The second-order valence-electron chi connectivity index (χ2n) is 4.73. The Morgan fingerprint density at radius 1 is 1.48 bits per heavy atom. The second kappa shape index (κ2) is 8.53. The number of pyridine rings is 1. The van der Waals surface area contributed by atoms with Crippen LogP contribution >= 0.6 is 11.6 Å². The Labute approximate surface area is 131 Å². The van der Waals surface area contributed by atoms with Gasteiger partial charge in [-0.15, -0.1) is 0 Å². The lowest BCUT2D eigenvalue weighted by Crippen LogP contribution is -2.33. The summed E-state index contributed by atoms with van der Waals surface area (Å²) >= 11 is 6.05. The number of ether oxygens (including phenoxy) is 1. The van der Waals surface area contributed by atoms with E-state index in [0.29, 0.717) is 18.8 Å². The maximum atomic E-state index is 12.2. The van der Waals surface area contributed by atoms with Gasteiger partial charge in [0.05, 0.1) is 5.02 Å². The summed E-state index contributed by atoms with van der Waals surface area (Å²) in [6, 6.07) is 1.17. The summed E-state index contributed by atoms with van der Waals surface area (Å²) in [5, 5.41) is 3.32. The standard InChI is InChI=1S/C13H22ClN3O3S/c1-4-6-15-13-12(14)8-11(9-16-13)21(18,19)17-10(2)5-7-20-3/h8-10,17H,4-7H2,1-3H3,(H,15,16). The molecule has 0 bridgehead atoms. The third-order valence-corrected chi connectivity index (χ3v) is 4.62. The fourth-order valence-electron chi connectivity index (χ4n) is 1.63. The van der Waals surface area contributed by atoms with Crippen LogP contribution in [0.25, 0.3) is 0 Å². The number of rotatable bonds is 9. The van der Waals surface area contributed by atoms with Crippen LogP contribution in [0.15, 0.2) is 17.2 Å². The molecular formula is C13H22ClN3O3S. The molecule has 2 N–H and O–H groups in total. The SMILES string of the molecule is CCCNc1ncc(S(=O)(=O)NC(C)CCOC)cc1Cl. The molecule has 0 saturated carbocycles. The third kappa shape index (κ3) is 5.78. The highest BCUT2D eigenvalue weighted by molar-refractivity contribution is 7.89. The van der Waals surface area contributed by atoms with E-state index in [4.69, 9.17) is 16.3 Å². The van der Waals surface area contributed by atoms with Crippen molar-refractivity contribution >= 4 is 27.4 Å². The Bertz CT molecular complexity index is 552. The van der Waals surface area contributed by atoms with Gasteiger partial charge in [-0.2, -0.15) is 0 Å². The fraction of sp³-hybridized carbons (Fsp3) is 0.615. The van der Waals surface area contributed by atoms with E-state index < -0.39 is 10.0 Å². The molecular weight excluding hydrogens is 314 g/mol. The fourth-order valence-corrected chi connectivity index (χ4v) is 3.17. The van der Waals surface area contributed by atoms with Gasteiger partial charge in [0.15, 0.2) is 0 Å². The number of halogens is 1. The van der Waals surface area contributed by atoms with Crippen molar-refractivity contribution in [3.05, 3.63) is 17.3 Å². The highest BCUT2D eigenvalue weighted by Crippen LogP contribution is 2.22. The van der Waals surface area contributed by atoms with Crippen LogP contribution in [0.2, 0.25) is 5.02 Å². The first kappa shape index (κ1) is 18.2. The van der Waals surface area contributed by atoms with E-state index in [1.165, 1.54) is 12.3 Å². The predicted molar refractivity (Wildman–Crippen MR) is 84.3 cm³/mol. The molecule has 120 valence electrons. The number of methoxy groups -OCH3 is 1. The molecule has 0 aliphatic carbocycles. The van der Waals surface area contributed by atoms with Crippen molar-refractivity contribution in [1.82, 2.24) is 9.71 Å². The number of nitrogens with one attached hydrogen (secondary N) is 2. The zero-order chi connectivity index (χ0) is 15.9. The van der Waals surface area contributed by atoms with Crippen LogP contribution in [-0.2, 0) is 14.8 Å². The van der Waals surface area contributed by atoms with Crippen LogP contribution in [0.4, 0.5) is 5.82 Å². The molecule has 1 aromatic heterocycles. The second-order valence-corrected chi connectivity index (χ2v) is 6.85. The molecule has 0 aliphatic rings. The normalized spacial score (nSPS) is 13.1. The molecule has 0 amide bonds. The van der Waals surface area contributed by atoms with E-state index >= 15 is 0 Å². The zero-order valence-corrected chi connectivity index (χ0v) is 14.1. The highest BCUT2D eigenvalue weighted by atomic mass is 35.5. The molecule has 1 atom stereocenters. The summed E-state index contributed by atoms with van der Waals surface area (Å²) in [6.07, 6.45) is 2.82. The topological polar surface area (TPSA) is 80.3 Å². The average molecular weight is 336 g/mol.